The molecule has 170 valence electrons. The van der Waals surface area contributed by atoms with Crippen LogP contribution in [0.4, 0.5) is 4.39 Å². The number of nitrogens with one attached hydrogen (secondary N) is 1. The number of nitrogens with zero attached hydrogens (tertiary/aromatic N) is 4. The molecule has 1 amide bonds. The Morgan fingerprint density at radius 2 is 1.85 bits per heavy atom. The van der Waals surface area contributed by atoms with E-state index in [0.717, 1.165) is 12.8 Å². The lowest BCUT2D eigenvalue weighted by Gasteiger charge is -2.15. The smallest absolute Gasteiger partial charge is 0.264 e. The highest BCUT2D eigenvalue weighted by atomic mass is 19.1. The zero-order chi connectivity index (χ0) is 23.4. The van der Waals surface area contributed by atoms with Gasteiger partial charge in [-0.3, -0.25) is 14.2 Å². The van der Waals surface area contributed by atoms with E-state index in [4.69, 9.17) is 0 Å². The van der Waals surface area contributed by atoms with Crippen molar-refractivity contribution in [3.63, 3.8) is 0 Å². The van der Waals surface area contributed by atoms with Crippen molar-refractivity contribution in [1.82, 2.24) is 24.6 Å². The number of amides is 1. The van der Waals surface area contributed by atoms with Crippen molar-refractivity contribution in [2.45, 2.75) is 45.7 Å². The Morgan fingerprint density at radius 1 is 1.12 bits per heavy atom. The molecule has 4 aromatic rings. The summed E-state index contributed by atoms with van der Waals surface area (Å²) in [6.45, 7) is 3.94. The number of carbonyl (C=O) groups excluding carboxylic acids is 1. The Labute approximate surface area is 190 Å². The van der Waals surface area contributed by atoms with Gasteiger partial charge in [0.15, 0.2) is 5.65 Å². The molecular weight excluding hydrogens is 421 g/mol. The first kappa shape index (κ1) is 22.4. The monoisotopic (exact) mass is 447 g/mol. The molecule has 7 nitrogen and oxygen atoms in total. The second kappa shape index (κ2) is 9.77. The van der Waals surface area contributed by atoms with Crippen LogP contribution in [-0.2, 0) is 17.8 Å². The number of aromatic nitrogens is 4. The van der Waals surface area contributed by atoms with Crippen molar-refractivity contribution in [2.75, 3.05) is 0 Å². The highest BCUT2D eigenvalue weighted by Crippen LogP contribution is 2.15. The molecule has 0 radical (unpaired) electrons. The second-order valence-corrected chi connectivity index (χ2v) is 8.13. The molecule has 2 aromatic heterocycles. The topological polar surface area (TPSA) is 81.8 Å². The summed E-state index contributed by atoms with van der Waals surface area (Å²) in [7, 11) is 0. The lowest BCUT2D eigenvalue weighted by molar-refractivity contribution is -0.121. The fraction of sp³-hybridized carbons (Fsp3) is 0.280. The number of fused-ring (bicyclic) bond motifs is 1. The summed E-state index contributed by atoms with van der Waals surface area (Å²) in [6, 6.07) is 16.0. The maximum absolute atomic E-state index is 13.2. The molecule has 8 heteroatoms. The molecule has 0 bridgehead atoms. The standard InChI is InChI=1S/C25H26FN5O2/c1-17(8-9-19-6-4-3-5-7-19)28-23(32)14-15-30-18(2)29-24-22(25(30)33)16-27-31(24)21-12-10-20(26)11-13-21/h3-7,10-13,16-17H,8-9,14-15H2,1-2H3,(H,28,32). The van der Waals surface area contributed by atoms with Gasteiger partial charge < -0.3 is 5.32 Å². The quantitative estimate of drug-likeness (QED) is 0.448. The normalized spacial score (nSPS) is 12.1. The molecule has 33 heavy (non-hydrogen) atoms. The molecule has 0 aliphatic carbocycles. The van der Waals surface area contributed by atoms with Crippen LogP contribution in [0.25, 0.3) is 16.7 Å². The summed E-state index contributed by atoms with van der Waals surface area (Å²) in [4.78, 5) is 30.0. The van der Waals surface area contributed by atoms with Crippen molar-refractivity contribution < 1.29 is 9.18 Å². The van der Waals surface area contributed by atoms with Gasteiger partial charge in [-0.2, -0.15) is 5.10 Å². The van der Waals surface area contributed by atoms with E-state index in [0.29, 0.717) is 22.5 Å². The number of carbonyl (C=O) groups is 1. The summed E-state index contributed by atoms with van der Waals surface area (Å²) in [5.74, 6) is 0.0274. The molecule has 1 N–H and O–H groups in total. The first-order chi connectivity index (χ1) is 15.9. The van der Waals surface area contributed by atoms with E-state index >= 15 is 0 Å². The molecule has 1 unspecified atom stereocenters. The molecule has 0 fully saturated rings. The summed E-state index contributed by atoms with van der Waals surface area (Å²) < 4.78 is 16.2. The molecule has 0 saturated heterocycles. The van der Waals surface area contributed by atoms with Crippen LogP contribution in [0, 0.1) is 12.7 Å². The van der Waals surface area contributed by atoms with Crippen LogP contribution in [-0.4, -0.2) is 31.3 Å². The Bertz CT molecular complexity index is 1310. The van der Waals surface area contributed by atoms with Gasteiger partial charge >= 0.3 is 0 Å². The van der Waals surface area contributed by atoms with Crippen molar-refractivity contribution in [3.8, 4) is 5.69 Å². The zero-order valence-corrected chi connectivity index (χ0v) is 18.7. The van der Waals surface area contributed by atoms with Crippen molar-refractivity contribution in [2.24, 2.45) is 0 Å². The SMILES string of the molecule is Cc1nc2c(cnn2-c2ccc(F)cc2)c(=O)n1CCC(=O)NC(C)CCc1ccccc1. The first-order valence-corrected chi connectivity index (χ1v) is 11.0. The van der Waals surface area contributed by atoms with Crippen LogP contribution in [0.1, 0.15) is 31.2 Å². The minimum Gasteiger partial charge on any atom is -0.354 e. The highest BCUT2D eigenvalue weighted by Gasteiger charge is 2.15. The lowest BCUT2D eigenvalue weighted by Crippen LogP contribution is -2.34. The Balaban J connectivity index is 1.41. The number of aryl methyl sites for hydroxylation is 2. The molecule has 2 heterocycles. The average molecular weight is 448 g/mol. The fourth-order valence-corrected chi connectivity index (χ4v) is 3.80. The first-order valence-electron chi connectivity index (χ1n) is 11.0. The van der Waals surface area contributed by atoms with E-state index in [9.17, 15) is 14.0 Å². The second-order valence-electron chi connectivity index (χ2n) is 8.13. The van der Waals surface area contributed by atoms with E-state index in [1.165, 1.54) is 33.1 Å². The van der Waals surface area contributed by atoms with E-state index in [1.54, 1.807) is 19.1 Å². The van der Waals surface area contributed by atoms with Crippen molar-refractivity contribution >= 4 is 16.9 Å². The summed E-state index contributed by atoms with van der Waals surface area (Å²) >= 11 is 0. The lowest BCUT2D eigenvalue weighted by atomic mass is 10.1. The predicted octanol–water partition coefficient (Wildman–Crippen LogP) is 3.56. The average Bonchev–Trinajstić information content (AvgIpc) is 3.22. The van der Waals surface area contributed by atoms with Crippen LogP contribution < -0.4 is 10.9 Å². The Morgan fingerprint density at radius 3 is 2.58 bits per heavy atom. The summed E-state index contributed by atoms with van der Waals surface area (Å²) in [5, 5.41) is 7.61. The molecule has 2 aromatic carbocycles. The van der Waals surface area contributed by atoms with Crippen LogP contribution in [0.3, 0.4) is 0 Å². The maximum atomic E-state index is 13.2. The number of rotatable bonds is 8. The van der Waals surface area contributed by atoms with Gasteiger partial charge in [0.25, 0.3) is 5.56 Å². The minimum atomic E-state index is -0.352. The molecule has 4 rings (SSSR count). The van der Waals surface area contributed by atoms with Gasteiger partial charge in [-0.25, -0.2) is 14.1 Å². The zero-order valence-electron chi connectivity index (χ0n) is 18.7. The molecule has 0 saturated carbocycles. The van der Waals surface area contributed by atoms with E-state index in [2.05, 4.69) is 27.5 Å². The van der Waals surface area contributed by atoms with Crippen molar-refractivity contribution in [3.05, 3.63) is 88.4 Å². The number of hydrogen-bond donors (Lipinski definition) is 1. The number of hydrogen-bond acceptors (Lipinski definition) is 4. The molecule has 0 aliphatic heterocycles. The van der Waals surface area contributed by atoms with Crippen LogP contribution in [0.5, 0.6) is 0 Å². The maximum Gasteiger partial charge on any atom is 0.264 e. The van der Waals surface area contributed by atoms with Gasteiger partial charge in [0.05, 0.1) is 11.9 Å². The molecular formula is C25H26FN5O2. The third-order valence-electron chi connectivity index (χ3n) is 5.63. The van der Waals surface area contributed by atoms with Gasteiger partial charge in [-0.15, -0.1) is 0 Å². The Hall–Kier alpha value is -3.81. The van der Waals surface area contributed by atoms with E-state index in [-0.39, 0.29) is 36.3 Å². The third kappa shape index (κ3) is 5.16. The van der Waals surface area contributed by atoms with Gasteiger partial charge in [0.2, 0.25) is 5.91 Å². The number of benzene rings is 2. The predicted molar refractivity (Wildman–Crippen MR) is 125 cm³/mol. The van der Waals surface area contributed by atoms with Crippen molar-refractivity contribution in [1.29, 1.82) is 0 Å². The summed E-state index contributed by atoms with van der Waals surface area (Å²) in [5.41, 5.74) is 2.00. The summed E-state index contributed by atoms with van der Waals surface area (Å²) in [6.07, 6.45) is 3.36. The Kier molecular flexibility index (Phi) is 6.63. The number of halogens is 1. The third-order valence-corrected chi connectivity index (χ3v) is 5.63. The van der Waals surface area contributed by atoms with Crippen LogP contribution >= 0.6 is 0 Å². The van der Waals surface area contributed by atoms with E-state index < -0.39 is 0 Å². The molecule has 0 aliphatic rings. The van der Waals surface area contributed by atoms with Gasteiger partial charge in [0, 0.05) is 19.0 Å². The van der Waals surface area contributed by atoms with Gasteiger partial charge in [-0.1, -0.05) is 30.3 Å². The van der Waals surface area contributed by atoms with Crippen LogP contribution in [0.15, 0.2) is 65.6 Å². The largest absolute Gasteiger partial charge is 0.354 e. The minimum absolute atomic E-state index is 0.0325. The molecule has 0 spiro atoms. The van der Waals surface area contributed by atoms with Gasteiger partial charge in [0.1, 0.15) is 17.0 Å². The van der Waals surface area contributed by atoms with Gasteiger partial charge in [-0.05, 0) is 56.5 Å². The van der Waals surface area contributed by atoms with E-state index in [1.807, 2.05) is 25.1 Å². The fourth-order valence-electron chi connectivity index (χ4n) is 3.80. The highest BCUT2D eigenvalue weighted by molar-refractivity contribution is 5.77. The molecule has 1 atom stereocenters. The van der Waals surface area contributed by atoms with Crippen LogP contribution in [0.2, 0.25) is 0 Å².